The summed E-state index contributed by atoms with van der Waals surface area (Å²) in [6, 6.07) is 0. The van der Waals surface area contributed by atoms with Gasteiger partial charge in [-0.25, -0.2) is 0 Å². The van der Waals surface area contributed by atoms with Crippen LogP contribution in [0.25, 0.3) is 0 Å². The molecule has 0 fully saturated rings. The molecule has 1 atom stereocenters. The summed E-state index contributed by atoms with van der Waals surface area (Å²) >= 11 is 0. The van der Waals surface area contributed by atoms with Crippen LogP contribution in [0, 0.1) is 0 Å². The van der Waals surface area contributed by atoms with Gasteiger partial charge in [-0.2, -0.15) is 0 Å². The number of phosphoric acid groups is 1. The fourth-order valence-electron chi connectivity index (χ4n) is 4.27. The van der Waals surface area contributed by atoms with Crippen molar-refractivity contribution in [1.29, 1.82) is 0 Å². The molecule has 42 heavy (non-hydrogen) atoms. The van der Waals surface area contributed by atoms with Crippen LogP contribution in [-0.2, 0) is 32.9 Å². The van der Waals surface area contributed by atoms with Crippen molar-refractivity contribution in [3.8, 4) is 0 Å². The number of unbranched alkanes of at least 4 members (excludes halogenated alkanes) is 16. The molecule has 0 aromatic heterocycles. The molecule has 0 aliphatic carbocycles. The van der Waals surface area contributed by atoms with Crippen LogP contribution in [-0.4, -0.2) is 43.7 Å². The zero-order valence-corrected chi connectivity index (χ0v) is 31.9. The molecule has 1 N–H and O–H groups in total. The first kappa shape index (κ1) is 46.9. The summed E-state index contributed by atoms with van der Waals surface area (Å²) in [7, 11) is -5.24. The molecule has 13 heteroatoms. The van der Waals surface area contributed by atoms with Crippen molar-refractivity contribution in [2.45, 2.75) is 148 Å². The number of ether oxygens (including phenoxy) is 2. The topological polar surface area (TPSA) is 154 Å². The molecule has 0 bridgehead atoms. The minimum absolute atomic E-state index is 0. The van der Waals surface area contributed by atoms with Crippen LogP contribution >= 0.6 is 7.82 Å². The fourth-order valence-corrected chi connectivity index (χ4v) is 4.62. The molecule has 0 aliphatic rings. The second-order valence-corrected chi connectivity index (χ2v) is 11.7. The average Bonchev–Trinajstić information content (AvgIpc) is 2.89. The summed E-state index contributed by atoms with van der Waals surface area (Å²) in [6.45, 7) is 3.43. The largest absolute Gasteiger partial charge is 1.00 e. The Kier molecular flexibility index (Phi) is 36.8. The molecule has 0 aliphatic heterocycles. The quantitative estimate of drug-likeness (QED) is 0.0505. The maximum absolute atomic E-state index is 12.1. The summed E-state index contributed by atoms with van der Waals surface area (Å²) < 4.78 is 25.5. The van der Waals surface area contributed by atoms with Gasteiger partial charge in [-0.15, -0.1) is 0 Å². The Morgan fingerprint density at radius 2 is 1.10 bits per heavy atom. The van der Waals surface area contributed by atoms with Gasteiger partial charge in [-0.3, -0.25) is 14.4 Å². The molecule has 1 amide bonds. The van der Waals surface area contributed by atoms with Crippen molar-refractivity contribution >= 4 is 25.7 Å². The normalized spacial score (nSPS) is 11.6. The third-order valence-corrected chi connectivity index (χ3v) is 7.03. The van der Waals surface area contributed by atoms with Gasteiger partial charge in [-0.05, 0) is 19.3 Å². The SMILES string of the molecule is CCCCCCCCCC(=O)O[C@H](COC(=O)CCCCCCCCCCCCCNC(C)=O)COP(=O)([O-])[O-].[Na+].[Na+]. The summed E-state index contributed by atoms with van der Waals surface area (Å²) in [5.74, 6) is -0.967. The van der Waals surface area contributed by atoms with E-state index < -0.39 is 32.5 Å². The Labute approximate surface area is 298 Å². The summed E-state index contributed by atoms with van der Waals surface area (Å²) in [6.07, 6.45) is 18.5. The van der Waals surface area contributed by atoms with Crippen molar-refractivity contribution < 1.29 is 102 Å². The maximum atomic E-state index is 12.1. The van der Waals surface area contributed by atoms with Gasteiger partial charge < -0.3 is 33.7 Å². The standard InChI is InChI=1S/C29H56NO9P.2Na/c1-3-4-5-6-12-16-19-22-29(33)39-27(25-38-40(34,35)36)24-37-28(32)21-18-15-13-10-8-7-9-11-14-17-20-23-30-26(2)31;;/h27H,3-25H2,1-2H3,(H,30,31)(H2,34,35,36);;/q;2*+1/p-2/t27-;;/m1../s1. The van der Waals surface area contributed by atoms with Crippen LogP contribution in [0.4, 0.5) is 0 Å². The number of rotatable bonds is 28. The van der Waals surface area contributed by atoms with Crippen molar-refractivity contribution in [3.63, 3.8) is 0 Å². The van der Waals surface area contributed by atoms with Gasteiger partial charge in [0.1, 0.15) is 6.61 Å². The second kappa shape index (κ2) is 32.9. The van der Waals surface area contributed by atoms with E-state index in [9.17, 15) is 28.7 Å². The van der Waals surface area contributed by atoms with E-state index in [4.69, 9.17) is 9.47 Å². The monoisotopic (exact) mass is 637 g/mol. The van der Waals surface area contributed by atoms with Crippen LogP contribution in [0.3, 0.4) is 0 Å². The number of phosphoric ester groups is 1. The predicted molar refractivity (Wildman–Crippen MR) is 151 cm³/mol. The summed E-state index contributed by atoms with van der Waals surface area (Å²) in [5.41, 5.74) is 0. The van der Waals surface area contributed by atoms with E-state index in [0.717, 1.165) is 57.9 Å². The Hall–Kier alpha value is 0.520. The molecule has 0 radical (unpaired) electrons. The molecule has 0 saturated heterocycles. The molecule has 236 valence electrons. The number of carbonyl (C=O) groups excluding carboxylic acids is 3. The van der Waals surface area contributed by atoms with Crippen LogP contribution in [0.5, 0.6) is 0 Å². The van der Waals surface area contributed by atoms with E-state index in [0.29, 0.717) is 12.8 Å². The van der Waals surface area contributed by atoms with Gasteiger partial charge in [0.05, 0.1) is 14.4 Å². The zero-order valence-electron chi connectivity index (χ0n) is 27.0. The summed E-state index contributed by atoms with van der Waals surface area (Å²) in [4.78, 5) is 56.7. The maximum Gasteiger partial charge on any atom is 1.00 e. The fraction of sp³-hybridized carbons (Fsp3) is 0.897. The number of nitrogens with one attached hydrogen (secondary N) is 1. The first-order valence-corrected chi connectivity index (χ1v) is 16.9. The summed E-state index contributed by atoms with van der Waals surface area (Å²) in [5, 5.41) is 2.81. The molecule has 0 aromatic carbocycles. The molecule has 0 saturated carbocycles. The molecule has 0 heterocycles. The van der Waals surface area contributed by atoms with Crippen molar-refractivity contribution in [2.24, 2.45) is 0 Å². The third kappa shape index (κ3) is 36.7. The van der Waals surface area contributed by atoms with Crippen LogP contribution in [0.1, 0.15) is 142 Å². The first-order chi connectivity index (χ1) is 19.1. The van der Waals surface area contributed by atoms with E-state index in [1.165, 1.54) is 58.3 Å². The Morgan fingerprint density at radius 3 is 1.55 bits per heavy atom. The van der Waals surface area contributed by atoms with Gasteiger partial charge in [0.15, 0.2) is 6.10 Å². The van der Waals surface area contributed by atoms with Crippen LogP contribution in [0.2, 0.25) is 0 Å². The number of hydrogen-bond acceptors (Lipinski definition) is 9. The average molecular weight is 638 g/mol. The molecule has 10 nitrogen and oxygen atoms in total. The van der Waals surface area contributed by atoms with Crippen LogP contribution in [0.15, 0.2) is 0 Å². The van der Waals surface area contributed by atoms with E-state index in [1.54, 1.807) is 0 Å². The molecule has 0 spiro atoms. The second-order valence-electron chi connectivity index (χ2n) is 10.5. The molecule has 0 aromatic rings. The Bertz CT molecular complexity index is 711. The number of esters is 2. The molecule has 0 rings (SSSR count). The molecule has 0 unspecified atom stereocenters. The number of hydrogen-bond donors (Lipinski definition) is 1. The van der Waals surface area contributed by atoms with Gasteiger partial charge in [0.25, 0.3) is 0 Å². The zero-order chi connectivity index (χ0) is 29.9. The van der Waals surface area contributed by atoms with Gasteiger partial charge in [0, 0.05) is 26.3 Å². The minimum atomic E-state index is -5.24. The van der Waals surface area contributed by atoms with E-state index >= 15 is 0 Å². The molecular formula is C29H54NNa2O9P. The first-order valence-electron chi connectivity index (χ1n) is 15.4. The van der Waals surface area contributed by atoms with E-state index in [2.05, 4.69) is 16.8 Å². The van der Waals surface area contributed by atoms with Gasteiger partial charge in [-0.1, -0.05) is 103 Å². The smallest absolute Gasteiger partial charge is 0.790 e. The Morgan fingerprint density at radius 1 is 0.667 bits per heavy atom. The number of amides is 1. The van der Waals surface area contributed by atoms with Gasteiger partial charge >= 0.3 is 71.1 Å². The van der Waals surface area contributed by atoms with Gasteiger partial charge in [0.2, 0.25) is 5.91 Å². The third-order valence-electron chi connectivity index (χ3n) is 6.56. The molecular weight excluding hydrogens is 583 g/mol. The minimum Gasteiger partial charge on any atom is -0.790 e. The number of carbonyl (C=O) groups is 3. The van der Waals surface area contributed by atoms with E-state index in [-0.39, 0.29) is 84.5 Å². The van der Waals surface area contributed by atoms with Crippen molar-refractivity contribution in [2.75, 3.05) is 19.8 Å². The predicted octanol–water partition coefficient (Wildman–Crippen LogP) is -0.747. The van der Waals surface area contributed by atoms with Crippen molar-refractivity contribution in [1.82, 2.24) is 5.32 Å². The van der Waals surface area contributed by atoms with Crippen LogP contribution < -0.4 is 74.2 Å². The van der Waals surface area contributed by atoms with E-state index in [1.807, 2.05) is 0 Å². The van der Waals surface area contributed by atoms with Crippen molar-refractivity contribution in [3.05, 3.63) is 0 Å². The Balaban J connectivity index is -0.00000760.